The number of rotatable bonds is 8. The second-order valence-corrected chi connectivity index (χ2v) is 5.56. The number of ether oxygens (including phenoxy) is 3. The van der Waals surface area contributed by atoms with Crippen molar-refractivity contribution in [3.8, 4) is 17.2 Å². The molecule has 0 fully saturated rings. The summed E-state index contributed by atoms with van der Waals surface area (Å²) in [7, 11) is 3.23. The van der Waals surface area contributed by atoms with Crippen molar-refractivity contribution in [3.05, 3.63) is 54.9 Å². The molecule has 3 aromatic rings. The van der Waals surface area contributed by atoms with Gasteiger partial charge >= 0.3 is 0 Å². The molecule has 3 rings (SSSR count). The van der Waals surface area contributed by atoms with Gasteiger partial charge in [-0.25, -0.2) is 9.97 Å². The van der Waals surface area contributed by atoms with Crippen molar-refractivity contribution in [2.45, 2.75) is 6.92 Å². The van der Waals surface area contributed by atoms with E-state index in [0.717, 1.165) is 22.9 Å². The number of benzene rings is 2. The lowest BCUT2D eigenvalue weighted by atomic mass is 10.2. The van der Waals surface area contributed by atoms with Gasteiger partial charge in [0.05, 0.1) is 26.5 Å². The summed E-state index contributed by atoms with van der Waals surface area (Å²) in [5, 5.41) is 6.48. The van der Waals surface area contributed by atoms with Crippen LogP contribution in [0, 0.1) is 0 Å². The Morgan fingerprint density at radius 3 is 2.19 bits per heavy atom. The molecular weight excluding hydrogens is 344 g/mol. The molecule has 0 unspecified atom stereocenters. The van der Waals surface area contributed by atoms with E-state index < -0.39 is 0 Å². The van der Waals surface area contributed by atoms with E-state index in [9.17, 15) is 0 Å². The van der Waals surface area contributed by atoms with Crippen LogP contribution in [0.1, 0.15) is 6.92 Å². The van der Waals surface area contributed by atoms with Gasteiger partial charge in [-0.2, -0.15) is 0 Å². The normalized spacial score (nSPS) is 10.2. The molecule has 0 saturated carbocycles. The number of anilines is 4. The predicted octanol–water partition coefficient (Wildman–Crippen LogP) is 4.38. The van der Waals surface area contributed by atoms with Crippen LogP contribution >= 0.6 is 0 Å². The molecule has 0 aliphatic rings. The van der Waals surface area contributed by atoms with E-state index in [1.807, 2.05) is 55.5 Å². The largest absolute Gasteiger partial charge is 0.497 e. The molecule has 0 aliphatic carbocycles. The van der Waals surface area contributed by atoms with Gasteiger partial charge in [-0.05, 0) is 43.3 Å². The van der Waals surface area contributed by atoms with Gasteiger partial charge in [0, 0.05) is 17.8 Å². The Hall–Kier alpha value is -3.48. The molecule has 0 bridgehead atoms. The van der Waals surface area contributed by atoms with Crippen LogP contribution in [0.4, 0.5) is 23.0 Å². The molecule has 0 radical (unpaired) electrons. The molecular formula is C20H22N4O3. The van der Waals surface area contributed by atoms with Crippen molar-refractivity contribution in [2.75, 3.05) is 31.5 Å². The third-order valence-electron chi connectivity index (χ3n) is 3.78. The molecule has 0 saturated heterocycles. The van der Waals surface area contributed by atoms with Crippen LogP contribution in [0.25, 0.3) is 0 Å². The van der Waals surface area contributed by atoms with Crippen LogP contribution in [0.2, 0.25) is 0 Å². The molecule has 0 amide bonds. The van der Waals surface area contributed by atoms with Crippen molar-refractivity contribution < 1.29 is 14.2 Å². The Morgan fingerprint density at radius 2 is 1.52 bits per heavy atom. The second kappa shape index (κ2) is 8.75. The van der Waals surface area contributed by atoms with Gasteiger partial charge in [0.15, 0.2) is 0 Å². The van der Waals surface area contributed by atoms with Crippen LogP contribution < -0.4 is 24.8 Å². The minimum Gasteiger partial charge on any atom is -0.497 e. The minimum atomic E-state index is 0.641. The van der Waals surface area contributed by atoms with Crippen LogP contribution in [0.5, 0.6) is 17.2 Å². The van der Waals surface area contributed by atoms with E-state index in [1.165, 1.54) is 6.33 Å². The third-order valence-corrected chi connectivity index (χ3v) is 3.78. The molecule has 7 nitrogen and oxygen atoms in total. The lowest BCUT2D eigenvalue weighted by Gasteiger charge is -2.13. The quantitative estimate of drug-likeness (QED) is 0.612. The highest BCUT2D eigenvalue weighted by Gasteiger charge is 2.07. The summed E-state index contributed by atoms with van der Waals surface area (Å²) >= 11 is 0. The molecule has 0 aliphatic heterocycles. The second-order valence-electron chi connectivity index (χ2n) is 5.56. The highest BCUT2D eigenvalue weighted by molar-refractivity contribution is 5.68. The van der Waals surface area contributed by atoms with Crippen LogP contribution in [-0.2, 0) is 0 Å². The third kappa shape index (κ3) is 4.78. The smallest absolute Gasteiger partial charge is 0.146 e. The Bertz CT molecular complexity index is 885. The maximum absolute atomic E-state index is 5.45. The maximum Gasteiger partial charge on any atom is 0.146 e. The zero-order valence-corrected chi connectivity index (χ0v) is 15.5. The summed E-state index contributed by atoms with van der Waals surface area (Å²) in [4.78, 5) is 8.52. The zero-order chi connectivity index (χ0) is 19.1. The van der Waals surface area contributed by atoms with Gasteiger partial charge in [-0.3, -0.25) is 0 Å². The fourth-order valence-electron chi connectivity index (χ4n) is 2.48. The summed E-state index contributed by atoms with van der Waals surface area (Å²) in [5.74, 6) is 3.53. The average molecular weight is 366 g/mol. The van der Waals surface area contributed by atoms with Crippen LogP contribution in [0.3, 0.4) is 0 Å². The summed E-state index contributed by atoms with van der Waals surface area (Å²) < 4.78 is 16.1. The van der Waals surface area contributed by atoms with E-state index in [0.29, 0.717) is 24.0 Å². The standard InChI is InChI=1S/C20H22N4O3/c1-4-27-15-7-5-14(6-8-15)23-19-12-20(22-13-21-19)24-17-10-9-16(25-2)11-18(17)26-3/h5-13H,4H2,1-3H3,(H2,21,22,23,24). The topological polar surface area (TPSA) is 77.5 Å². The van der Waals surface area contributed by atoms with Crippen molar-refractivity contribution in [2.24, 2.45) is 0 Å². The highest BCUT2D eigenvalue weighted by atomic mass is 16.5. The lowest BCUT2D eigenvalue weighted by molar-refractivity contribution is 0.340. The summed E-state index contributed by atoms with van der Waals surface area (Å²) in [6, 6.07) is 15.1. The Labute approximate surface area is 158 Å². The first kappa shape index (κ1) is 18.3. The van der Waals surface area contributed by atoms with Crippen molar-refractivity contribution in [1.82, 2.24) is 9.97 Å². The van der Waals surface area contributed by atoms with E-state index in [4.69, 9.17) is 14.2 Å². The Morgan fingerprint density at radius 1 is 0.815 bits per heavy atom. The number of nitrogens with one attached hydrogen (secondary N) is 2. The van der Waals surface area contributed by atoms with Crippen LogP contribution in [0.15, 0.2) is 54.9 Å². The number of methoxy groups -OCH3 is 2. The first-order valence-electron chi connectivity index (χ1n) is 8.53. The van der Waals surface area contributed by atoms with E-state index in [2.05, 4.69) is 20.6 Å². The van der Waals surface area contributed by atoms with Crippen LogP contribution in [-0.4, -0.2) is 30.8 Å². The maximum atomic E-state index is 5.45. The van der Waals surface area contributed by atoms with Gasteiger partial charge in [-0.15, -0.1) is 0 Å². The SMILES string of the molecule is CCOc1ccc(Nc2cc(Nc3ccc(OC)cc3OC)ncn2)cc1. The lowest BCUT2D eigenvalue weighted by Crippen LogP contribution is -2.00. The van der Waals surface area contributed by atoms with Gasteiger partial charge in [0.1, 0.15) is 35.2 Å². The van der Waals surface area contributed by atoms with Gasteiger partial charge < -0.3 is 24.8 Å². The minimum absolute atomic E-state index is 0.641. The number of hydrogen-bond acceptors (Lipinski definition) is 7. The van der Waals surface area contributed by atoms with E-state index >= 15 is 0 Å². The first-order chi connectivity index (χ1) is 13.2. The molecule has 2 aromatic carbocycles. The molecule has 140 valence electrons. The van der Waals surface area contributed by atoms with Gasteiger partial charge in [-0.1, -0.05) is 0 Å². The highest BCUT2D eigenvalue weighted by Crippen LogP contribution is 2.31. The molecule has 1 heterocycles. The number of nitrogens with zero attached hydrogens (tertiary/aromatic N) is 2. The number of aromatic nitrogens is 2. The summed E-state index contributed by atoms with van der Waals surface area (Å²) in [6.45, 7) is 2.60. The van der Waals surface area contributed by atoms with Crippen molar-refractivity contribution in [3.63, 3.8) is 0 Å². The fraction of sp³-hybridized carbons (Fsp3) is 0.200. The zero-order valence-electron chi connectivity index (χ0n) is 15.5. The Kier molecular flexibility index (Phi) is 5.94. The molecule has 0 atom stereocenters. The molecule has 27 heavy (non-hydrogen) atoms. The average Bonchev–Trinajstić information content (AvgIpc) is 2.70. The monoisotopic (exact) mass is 366 g/mol. The molecule has 0 spiro atoms. The number of hydrogen-bond donors (Lipinski definition) is 2. The molecule has 1 aromatic heterocycles. The molecule has 7 heteroatoms. The Balaban J connectivity index is 1.74. The van der Waals surface area contributed by atoms with Gasteiger partial charge in [0.2, 0.25) is 0 Å². The van der Waals surface area contributed by atoms with E-state index in [1.54, 1.807) is 14.2 Å². The summed E-state index contributed by atoms with van der Waals surface area (Å²) in [6.07, 6.45) is 1.50. The van der Waals surface area contributed by atoms with Gasteiger partial charge in [0.25, 0.3) is 0 Å². The first-order valence-corrected chi connectivity index (χ1v) is 8.53. The summed E-state index contributed by atoms with van der Waals surface area (Å²) in [5.41, 5.74) is 1.69. The van der Waals surface area contributed by atoms with Crippen molar-refractivity contribution >= 4 is 23.0 Å². The van der Waals surface area contributed by atoms with Crippen molar-refractivity contribution in [1.29, 1.82) is 0 Å². The predicted molar refractivity (Wildman–Crippen MR) is 106 cm³/mol. The molecule has 2 N–H and O–H groups in total. The van der Waals surface area contributed by atoms with E-state index in [-0.39, 0.29) is 0 Å². The fourth-order valence-corrected chi connectivity index (χ4v) is 2.48.